The molecule has 330 valence electrons. The Bertz CT molecular complexity index is 3690. The van der Waals surface area contributed by atoms with E-state index in [2.05, 4.69) is 267 Å². The highest BCUT2D eigenvalue weighted by Crippen LogP contribution is 2.48. The normalized spacial score (nSPS) is 12.0. The summed E-state index contributed by atoms with van der Waals surface area (Å²) in [7, 11) is 0. The second kappa shape index (κ2) is 16.5. The molecular weight excluding hydrogens is 827 g/mol. The second-order valence-corrected chi connectivity index (χ2v) is 19.7. The van der Waals surface area contributed by atoms with Gasteiger partial charge in [-0.1, -0.05) is 121 Å². The first kappa shape index (κ1) is 42.3. The molecule has 68 heavy (non-hydrogen) atoms. The molecule has 9 aromatic carbocycles. The third-order valence-corrected chi connectivity index (χ3v) is 13.2. The van der Waals surface area contributed by atoms with Crippen molar-refractivity contribution >= 4 is 66.4 Å². The number of benzene rings is 9. The zero-order chi connectivity index (χ0) is 46.7. The lowest BCUT2D eigenvalue weighted by Gasteiger charge is -2.40. The third-order valence-electron chi connectivity index (χ3n) is 13.2. The monoisotopic (exact) mass is 879 g/mol. The van der Waals surface area contributed by atoms with Crippen molar-refractivity contribution in [1.82, 2.24) is 9.13 Å². The van der Waals surface area contributed by atoms with E-state index in [0.29, 0.717) is 5.56 Å². The summed E-state index contributed by atoms with van der Waals surface area (Å²) in [6.45, 7) is 13.7. The largest absolute Gasteiger partial charge is 0.336 e. The maximum Gasteiger partial charge on any atom is 0.0991 e. The maximum absolute atomic E-state index is 9.60. The number of rotatable bonds is 8. The summed E-state index contributed by atoms with van der Waals surface area (Å²) < 4.78 is 4.81. The van der Waals surface area contributed by atoms with Crippen LogP contribution in [-0.2, 0) is 0 Å². The van der Waals surface area contributed by atoms with Crippen LogP contribution in [0.3, 0.4) is 0 Å². The summed E-state index contributed by atoms with van der Waals surface area (Å²) in [6, 6.07) is 78.7. The topological polar surface area (TPSA) is 40.1 Å². The van der Waals surface area contributed by atoms with Crippen LogP contribution in [0.4, 0.5) is 22.7 Å². The van der Waals surface area contributed by atoms with Crippen molar-refractivity contribution in [3.8, 4) is 39.7 Å². The molecule has 0 atom stereocenters. The Hall–Kier alpha value is -8.33. The van der Waals surface area contributed by atoms with Gasteiger partial charge in [-0.2, -0.15) is 5.26 Å². The fraction of sp³-hybridized carbons (Fsp3) is 0.127. The quantitative estimate of drug-likeness (QED) is 0.153. The summed E-state index contributed by atoms with van der Waals surface area (Å²) >= 11 is 0. The summed E-state index contributed by atoms with van der Waals surface area (Å²) in [5.74, 6) is 0. The van der Waals surface area contributed by atoms with Gasteiger partial charge in [0.25, 0.3) is 0 Å². The van der Waals surface area contributed by atoms with Gasteiger partial charge in [-0.25, -0.2) is 0 Å². The number of anilines is 4. The van der Waals surface area contributed by atoms with Crippen LogP contribution >= 0.6 is 0 Å². The van der Waals surface area contributed by atoms with E-state index in [9.17, 15) is 5.26 Å². The predicted molar refractivity (Wildman–Crippen MR) is 287 cm³/mol. The molecule has 11 aromatic rings. The lowest BCUT2D eigenvalue weighted by atomic mass is 9.93. The molecule has 0 saturated heterocycles. The van der Waals surface area contributed by atoms with Crippen LogP contribution in [0.1, 0.15) is 47.1 Å². The van der Waals surface area contributed by atoms with E-state index >= 15 is 0 Å². The van der Waals surface area contributed by atoms with E-state index in [0.717, 1.165) is 56.3 Å². The molecule has 0 N–H and O–H groups in total. The predicted octanol–water partition coefficient (Wildman–Crippen LogP) is 17.0. The minimum atomic E-state index is -0.326. The van der Waals surface area contributed by atoms with Gasteiger partial charge in [-0.3, -0.25) is 0 Å². The Morgan fingerprint density at radius 3 is 1.40 bits per heavy atom. The van der Waals surface area contributed by atoms with E-state index in [4.69, 9.17) is 0 Å². The lowest BCUT2D eigenvalue weighted by molar-refractivity contribution is 0.561. The Morgan fingerprint density at radius 2 is 0.853 bits per heavy atom. The summed E-state index contributed by atoms with van der Waals surface area (Å²) in [6.07, 6.45) is 0. The van der Waals surface area contributed by atoms with E-state index in [1.807, 2.05) is 12.1 Å². The molecule has 0 aliphatic heterocycles. The summed E-state index contributed by atoms with van der Waals surface area (Å²) in [4.78, 5) is 4.97. The van der Waals surface area contributed by atoms with E-state index < -0.39 is 0 Å². The zero-order valence-electron chi connectivity index (χ0n) is 39.4. The number of nitriles is 1. The highest BCUT2D eigenvalue weighted by molar-refractivity contribution is 6.17. The molecule has 0 spiro atoms. The highest BCUT2D eigenvalue weighted by atomic mass is 15.2. The van der Waals surface area contributed by atoms with Gasteiger partial charge in [0.05, 0.1) is 50.8 Å². The number of hydrogen-bond acceptors (Lipinski definition) is 3. The Morgan fingerprint density at radius 1 is 0.382 bits per heavy atom. The summed E-state index contributed by atoms with van der Waals surface area (Å²) in [5, 5.41) is 14.4. The molecule has 0 bridgehead atoms. The Balaban J connectivity index is 1.10. The lowest BCUT2D eigenvalue weighted by Crippen LogP contribution is -2.38. The molecule has 0 saturated carbocycles. The van der Waals surface area contributed by atoms with Gasteiger partial charge >= 0.3 is 0 Å². The van der Waals surface area contributed by atoms with Crippen LogP contribution in [0.15, 0.2) is 212 Å². The second-order valence-electron chi connectivity index (χ2n) is 19.7. The molecular formula is C63H53N5. The first-order valence-electron chi connectivity index (χ1n) is 23.5. The van der Waals surface area contributed by atoms with Gasteiger partial charge in [-0.05, 0) is 149 Å². The van der Waals surface area contributed by atoms with Gasteiger partial charge in [-0.15, -0.1) is 0 Å². The van der Waals surface area contributed by atoms with Crippen LogP contribution < -0.4 is 9.80 Å². The minimum absolute atomic E-state index is 0.257. The van der Waals surface area contributed by atoms with Gasteiger partial charge in [0.1, 0.15) is 0 Å². The van der Waals surface area contributed by atoms with Crippen LogP contribution in [0.5, 0.6) is 0 Å². The minimum Gasteiger partial charge on any atom is -0.336 e. The van der Waals surface area contributed by atoms with Crippen LogP contribution in [-0.4, -0.2) is 20.2 Å². The molecule has 0 aliphatic carbocycles. The first-order chi connectivity index (χ1) is 33.0. The van der Waals surface area contributed by atoms with Gasteiger partial charge in [0, 0.05) is 55.2 Å². The van der Waals surface area contributed by atoms with Crippen molar-refractivity contribution in [3.63, 3.8) is 0 Å². The molecule has 0 amide bonds. The molecule has 0 radical (unpaired) electrons. The fourth-order valence-corrected chi connectivity index (χ4v) is 10.5. The van der Waals surface area contributed by atoms with Gasteiger partial charge in [0.15, 0.2) is 0 Å². The average Bonchev–Trinajstić information content (AvgIpc) is 3.88. The van der Waals surface area contributed by atoms with Crippen molar-refractivity contribution in [2.75, 3.05) is 9.80 Å². The first-order valence-corrected chi connectivity index (χ1v) is 23.5. The molecule has 2 heterocycles. The Kier molecular flexibility index (Phi) is 10.3. The molecule has 5 nitrogen and oxygen atoms in total. The number of aromatic nitrogens is 2. The molecule has 11 rings (SSSR count). The molecule has 5 heteroatoms. The Labute approximate surface area is 399 Å². The highest BCUT2D eigenvalue weighted by Gasteiger charge is 2.31. The molecule has 0 unspecified atom stereocenters. The van der Waals surface area contributed by atoms with Crippen molar-refractivity contribution in [2.45, 2.75) is 52.6 Å². The van der Waals surface area contributed by atoms with Crippen LogP contribution in [0, 0.1) is 11.3 Å². The standard InChI is InChI=1S/C63H53N5/c1-62(2,3)67(49-36-31-43(42-64)32-37-49)57-29-17-27-55-60(57)51-23-13-16-26-54(51)66(55)48-38-33-45(34-39-48)50-40-35-46(44-19-9-7-10-20-44)41-59(50)68(63(4,5)6)58-30-18-28-56-61(58)52-24-14-15-25-53(52)65(56)47-21-11-8-12-22-47/h7-41H,1-6H3. The van der Waals surface area contributed by atoms with E-state index in [1.54, 1.807) is 0 Å². The molecule has 0 aliphatic rings. The summed E-state index contributed by atoms with van der Waals surface area (Å²) in [5.41, 5.74) is 16.0. The van der Waals surface area contributed by atoms with Gasteiger partial charge < -0.3 is 18.9 Å². The van der Waals surface area contributed by atoms with Crippen molar-refractivity contribution in [3.05, 3.63) is 218 Å². The fourth-order valence-electron chi connectivity index (χ4n) is 10.5. The van der Waals surface area contributed by atoms with Crippen molar-refractivity contribution in [2.24, 2.45) is 0 Å². The number of hydrogen-bond donors (Lipinski definition) is 0. The smallest absolute Gasteiger partial charge is 0.0991 e. The van der Waals surface area contributed by atoms with E-state index in [-0.39, 0.29) is 11.1 Å². The number of para-hydroxylation sites is 3. The van der Waals surface area contributed by atoms with E-state index in [1.165, 1.54) is 43.7 Å². The average molecular weight is 880 g/mol. The SMILES string of the molecule is CC(C)(C)N(c1ccc(C#N)cc1)c1cccc2c1c1ccccc1n2-c1ccc(-c2ccc(-c3ccccc3)cc2N(c2cccc3c2c2ccccc2n3-c2ccccc2)C(C)(C)C)cc1. The van der Waals surface area contributed by atoms with Crippen LogP contribution in [0.25, 0.3) is 77.2 Å². The maximum atomic E-state index is 9.60. The van der Waals surface area contributed by atoms with Crippen molar-refractivity contribution < 1.29 is 0 Å². The van der Waals surface area contributed by atoms with Gasteiger partial charge in [0.2, 0.25) is 0 Å². The third kappa shape index (κ3) is 7.17. The van der Waals surface area contributed by atoms with Crippen molar-refractivity contribution in [1.29, 1.82) is 5.26 Å². The zero-order valence-corrected chi connectivity index (χ0v) is 39.4. The number of nitrogens with zero attached hydrogens (tertiary/aromatic N) is 5. The van der Waals surface area contributed by atoms with Crippen LogP contribution in [0.2, 0.25) is 0 Å². The molecule has 2 aromatic heterocycles. The molecule has 0 fully saturated rings. The number of fused-ring (bicyclic) bond motifs is 6.